The van der Waals surface area contributed by atoms with E-state index in [4.69, 9.17) is 0 Å². The lowest BCUT2D eigenvalue weighted by atomic mass is 9.90. The average Bonchev–Trinajstić information content (AvgIpc) is 2.56. The number of nitrogens with one attached hydrogen (secondary N) is 1. The third-order valence-electron chi connectivity index (χ3n) is 4.25. The summed E-state index contributed by atoms with van der Waals surface area (Å²) in [5.74, 6) is 2.27. The first-order valence-electron chi connectivity index (χ1n) is 7.70. The van der Waals surface area contributed by atoms with Gasteiger partial charge < -0.3 is 10.2 Å². The molecular formula is C15H28N2O2S. The van der Waals surface area contributed by atoms with Crippen LogP contribution in [-0.2, 0) is 9.59 Å². The summed E-state index contributed by atoms with van der Waals surface area (Å²) < 4.78 is 0. The Morgan fingerprint density at radius 2 is 1.95 bits per heavy atom. The van der Waals surface area contributed by atoms with Crippen LogP contribution < -0.4 is 5.32 Å². The predicted octanol–water partition coefficient (Wildman–Crippen LogP) is 2.43. The van der Waals surface area contributed by atoms with Crippen LogP contribution in [0.1, 0.15) is 53.4 Å². The quantitative estimate of drug-likeness (QED) is 0.735. The first-order chi connectivity index (χ1) is 9.50. The molecule has 0 saturated carbocycles. The monoisotopic (exact) mass is 300 g/mol. The molecule has 0 aromatic carbocycles. The SMILES string of the molecule is CCSCCC(C)N1CCC(=O)NC(CC)(CC)C1=O. The molecule has 1 saturated heterocycles. The largest absolute Gasteiger partial charge is 0.342 e. The molecular weight excluding hydrogens is 272 g/mol. The van der Waals surface area contributed by atoms with Crippen molar-refractivity contribution in [2.24, 2.45) is 0 Å². The average molecular weight is 300 g/mol. The Morgan fingerprint density at radius 3 is 2.50 bits per heavy atom. The highest BCUT2D eigenvalue weighted by atomic mass is 32.2. The van der Waals surface area contributed by atoms with Gasteiger partial charge in [-0.2, -0.15) is 11.8 Å². The van der Waals surface area contributed by atoms with Gasteiger partial charge in [-0.1, -0.05) is 20.8 Å². The summed E-state index contributed by atoms with van der Waals surface area (Å²) in [7, 11) is 0. The zero-order valence-electron chi connectivity index (χ0n) is 13.2. The van der Waals surface area contributed by atoms with Gasteiger partial charge in [0.25, 0.3) is 0 Å². The molecule has 1 N–H and O–H groups in total. The fourth-order valence-corrected chi connectivity index (χ4v) is 3.48. The molecule has 0 aromatic rings. The summed E-state index contributed by atoms with van der Waals surface area (Å²) in [6.45, 7) is 8.74. The van der Waals surface area contributed by atoms with E-state index in [0.717, 1.165) is 17.9 Å². The molecule has 1 atom stereocenters. The number of rotatable bonds is 7. The van der Waals surface area contributed by atoms with Gasteiger partial charge in [0.05, 0.1) is 0 Å². The van der Waals surface area contributed by atoms with Crippen LogP contribution in [0.2, 0.25) is 0 Å². The van der Waals surface area contributed by atoms with Crippen LogP contribution in [0.15, 0.2) is 0 Å². The van der Waals surface area contributed by atoms with E-state index >= 15 is 0 Å². The van der Waals surface area contributed by atoms with Crippen LogP contribution in [0.4, 0.5) is 0 Å². The van der Waals surface area contributed by atoms with Crippen LogP contribution in [0.3, 0.4) is 0 Å². The van der Waals surface area contributed by atoms with E-state index in [2.05, 4.69) is 19.2 Å². The first-order valence-corrected chi connectivity index (χ1v) is 8.86. The third kappa shape index (κ3) is 3.90. The molecule has 0 bridgehead atoms. The molecule has 20 heavy (non-hydrogen) atoms. The molecule has 1 heterocycles. The zero-order chi connectivity index (χ0) is 15.2. The number of nitrogens with zero attached hydrogens (tertiary/aromatic N) is 1. The molecule has 0 aromatic heterocycles. The summed E-state index contributed by atoms with van der Waals surface area (Å²) in [6.07, 6.45) is 2.71. The minimum absolute atomic E-state index is 0.000293. The van der Waals surface area contributed by atoms with Crippen molar-refractivity contribution in [3.05, 3.63) is 0 Å². The summed E-state index contributed by atoms with van der Waals surface area (Å²) in [5.41, 5.74) is -0.695. The van der Waals surface area contributed by atoms with Gasteiger partial charge in [-0.15, -0.1) is 0 Å². The van der Waals surface area contributed by atoms with Crippen LogP contribution in [0.25, 0.3) is 0 Å². The molecule has 5 heteroatoms. The molecule has 0 radical (unpaired) electrons. The molecule has 1 aliphatic rings. The molecule has 1 fully saturated rings. The summed E-state index contributed by atoms with van der Waals surface area (Å²) >= 11 is 1.90. The molecule has 1 rings (SSSR count). The van der Waals surface area contributed by atoms with E-state index in [1.807, 2.05) is 30.5 Å². The second kappa shape index (κ2) is 7.91. The topological polar surface area (TPSA) is 49.4 Å². The van der Waals surface area contributed by atoms with E-state index in [0.29, 0.717) is 25.8 Å². The molecule has 1 unspecified atom stereocenters. The number of carbonyl (C=O) groups excluding carboxylic acids is 2. The predicted molar refractivity (Wildman–Crippen MR) is 84.9 cm³/mol. The maximum atomic E-state index is 12.9. The van der Waals surface area contributed by atoms with Crippen molar-refractivity contribution in [2.75, 3.05) is 18.1 Å². The number of amides is 2. The van der Waals surface area contributed by atoms with Crippen molar-refractivity contribution >= 4 is 23.6 Å². The van der Waals surface area contributed by atoms with Crippen LogP contribution >= 0.6 is 11.8 Å². The normalized spacial score (nSPS) is 20.5. The van der Waals surface area contributed by atoms with Crippen molar-refractivity contribution in [2.45, 2.75) is 65.0 Å². The Labute approximate surface area is 127 Å². The van der Waals surface area contributed by atoms with Crippen molar-refractivity contribution in [1.29, 1.82) is 0 Å². The highest BCUT2D eigenvalue weighted by Crippen LogP contribution is 2.24. The van der Waals surface area contributed by atoms with E-state index in [-0.39, 0.29) is 17.9 Å². The second-order valence-electron chi connectivity index (χ2n) is 5.42. The Morgan fingerprint density at radius 1 is 1.30 bits per heavy atom. The Hall–Kier alpha value is -0.710. The lowest BCUT2D eigenvalue weighted by Gasteiger charge is -2.36. The van der Waals surface area contributed by atoms with E-state index in [1.165, 1.54) is 0 Å². The molecule has 4 nitrogen and oxygen atoms in total. The summed E-state index contributed by atoms with van der Waals surface area (Å²) in [6, 6.07) is 0.201. The lowest BCUT2D eigenvalue weighted by Crippen LogP contribution is -2.57. The first kappa shape index (κ1) is 17.3. The van der Waals surface area contributed by atoms with E-state index < -0.39 is 5.54 Å². The number of carbonyl (C=O) groups is 2. The Bertz CT molecular complexity index is 343. The van der Waals surface area contributed by atoms with Gasteiger partial charge >= 0.3 is 0 Å². The molecule has 2 amide bonds. The van der Waals surface area contributed by atoms with Crippen molar-refractivity contribution in [3.63, 3.8) is 0 Å². The lowest BCUT2D eigenvalue weighted by molar-refractivity contribution is -0.141. The van der Waals surface area contributed by atoms with Crippen molar-refractivity contribution in [1.82, 2.24) is 10.2 Å². The van der Waals surface area contributed by atoms with Gasteiger partial charge in [0.1, 0.15) is 5.54 Å². The smallest absolute Gasteiger partial charge is 0.248 e. The van der Waals surface area contributed by atoms with Gasteiger partial charge in [0.15, 0.2) is 0 Å². The molecule has 0 spiro atoms. The summed E-state index contributed by atoms with van der Waals surface area (Å²) in [4.78, 5) is 26.7. The maximum absolute atomic E-state index is 12.9. The maximum Gasteiger partial charge on any atom is 0.248 e. The van der Waals surface area contributed by atoms with E-state index in [9.17, 15) is 9.59 Å². The molecule has 116 valence electrons. The minimum Gasteiger partial charge on any atom is -0.342 e. The molecule has 1 aliphatic heterocycles. The Balaban J connectivity index is 2.84. The van der Waals surface area contributed by atoms with Gasteiger partial charge in [-0.25, -0.2) is 0 Å². The van der Waals surface area contributed by atoms with E-state index in [1.54, 1.807) is 0 Å². The van der Waals surface area contributed by atoms with Crippen LogP contribution in [0, 0.1) is 0 Å². The van der Waals surface area contributed by atoms with Crippen LogP contribution in [-0.4, -0.2) is 46.3 Å². The standard InChI is InChI=1S/C15H28N2O2S/c1-5-15(6-2)14(19)17(10-8-13(18)16-15)12(4)9-11-20-7-3/h12H,5-11H2,1-4H3,(H,16,18). The zero-order valence-corrected chi connectivity index (χ0v) is 14.0. The highest BCUT2D eigenvalue weighted by Gasteiger charge is 2.42. The van der Waals surface area contributed by atoms with Crippen molar-refractivity contribution < 1.29 is 9.59 Å². The number of hydrogen-bond acceptors (Lipinski definition) is 3. The second-order valence-corrected chi connectivity index (χ2v) is 6.81. The fourth-order valence-electron chi connectivity index (χ4n) is 2.69. The van der Waals surface area contributed by atoms with Gasteiger partial charge in [-0.05, 0) is 37.7 Å². The van der Waals surface area contributed by atoms with Gasteiger partial charge in [0.2, 0.25) is 11.8 Å². The highest BCUT2D eigenvalue weighted by molar-refractivity contribution is 7.99. The minimum atomic E-state index is -0.695. The molecule has 0 aliphatic carbocycles. The van der Waals surface area contributed by atoms with Crippen molar-refractivity contribution in [3.8, 4) is 0 Å². The fraction of sp³-hybridized carbons (Fsp3) is 0.867. The third-order valence-corrected chi connectivity index (χ3v) is 5.18. The Kier molecular flexibility index (Phi) is 6.86. The number of thioether (sulfide) groups is 1. The van der Waals surface area contributed by atoms with Crippen LogP contribution in [0.5, 0.6) is 0 Å². The number of hydrogen-bond donors (Lipinski definition) is 1. The summed E-state index contributed by atoms with van der Waals surface area (Å²) in [5, 5.41) is 2.96. The van der Waals surface area contributed by atoms with Gasteiger partial charge in [-0.3, -0.25) is 9.59 Å². The van der Waals surface area contributed by atoms with Gasteiger partial charge in [0, 0.05) is 19.0 Å².